The number of anilines is 1. The molecule has 0 spiro atoms. The zero-order valence-electron chi connectivity index (χ0n) is 10.7. The van der Waals surface area contributed by atoms with E-state index in [-0.39, 0.29) is 0 Å². The molecule has 4 rings (SSSR count). The van der Waals surface area contributed by atoms with Crippen molar-refractivity contribution < 1.29 is 0 Å². The normalized spacial score (nSPS) is 14.7. The predicted octanol–water partition coefficient (Wildman–Crippen LogP) is 3.75. The average molecular weight is 248 g/mol. The molecule has 3 aromatic rings. The fourth-order valence-electron chi connectivity index (χ4n) is 3.04. The number of nitrogens with one attached hydrogen (secondary N) is 2. The lowest BCUT2D eigenvalue weighted by Crippen LogP contribution is -2.19. The van der Waals surface area contributed by atoms with Gasteiger partial charge in [-0.1, -0.05) is 24.3 Å². The summed E-state index contributed by atoms with van der Waals surface area (Å²) in [5.74, 6) is 0. The minimum Gasteiger partial charge on any atom is -0.382 e. The second kappa shape index (κ2) is 4.16. The number of hydrogen-bond acceptors (Lipinski definition) is 1. The van der Waals surface area contributed by atoms with Crippen molar-refractivity contribution >= 4 is 16.6 Å². The Morgan fingerprint density at radius 2 is 1.74 bits per heavy atom. The molecule has 1 heterocycles. The van der Waals surface area contributed by atoms with Crippen molar-refractivity contribution in [3.05, 3.63) is 65.9 Å². The van der Waals surface area contributed by atoms with Gasteiger partial charge in [-0.15, -0.1) is 0 Å². The number of aromatic amines is 1. The van der Waals surface area contributed by atoms with E-state index in [1.165, 1.54) is 27.7 Å². The summed E-state index contributed by atoms with van der Waals surface area (Å²) in [6.45, 7) is 0. The third-order valence-electron chi connectivity index (χ3n) is 3.98. The number of H-pyrrole nitrogens is 1. The molecule has 2 nitrogen and oxygen atoms in total. The number of fused-ring (bicyclic) bond motifs is 2. The van der Waals surface area contributed by atoms with Crippen LogP contribution in [0.1, 0.15) is 11.1 Å². The quantitative estimate of drug-likeness (QED) is 0.710. The Hall–Kier alpha value is -2.22. The van der Waals surface area contributed by atoms with E-state index >= 15 is 0 Å². The molecule has 0 atom stereocenters. The molecule has 0 unspecified atom stereocenters. The molecule has 1 aromatic heterocycles. The van der Waals surface area contributed by atoms with Crippen molar-refractivity contribution in [3.63, 3.8) is 0 Å². The van der Waals surface area contributed by atoms with Gasteiger partial charge in [-0.3, -0.25) is 0 Å². The standard InChI is InChI=1S/C17H16N2/c1-2-4-13-10-16(9-12(13)3-1)19-15-5-6-17-14(11-15)7-8-18-17/h1-8,11,16,18-19H,9-10H2. The van der Waals surface area contributed by atoms with Crippen LogP contribution >= 0.6 is 0 Å². The second-order valence-electron chi connectivity index (χ2n) is 5.30. The Bertz CT molecular complexity index is 702. The number of hydrogen-bond donors (Lipinski definition) is 2. The summed E-state index contributed by atoms with van der Waals surface area (Å²) in [7, 11) is 0. The van der Waals surface area contributed by atoms with Gasteiger partial charge in [0.05, 0.1) is 0 Å². The van der Waals surface area contributed by atoms with E-state index in [2.05, 4.69) is 58.8 Å². The summed E-state index contributed by atoms with van der Waals surface area (Å²) in [6, 6.07) is 17.9. The monoisotopic (exact) mass is 248 g/mol. The van der Waals surface area contributed by atoms with Crippen LogP contribution in [0.2, 0.25) is 0 Å². The van der Waals surface area contributed by atoms with E-state index in [1.807, 2.05) is 6.20 Å². The largest absolute Gasteiger partial charge is 0.382 e. The van der Waals surface area contributed by atoms with Crippen molar-refractivity contribution in [3.8, 4) is 0 Å². The lowest BCUT2D eigenvalue weighted by atomic mass is 10.1. The molecule has 0 saturated carbocycles. The first-order valence-electron chi connectivity index (χ1n) is 6.79. The van der Waals surface area contributed by atoms with E-state index in [4.69, 9.17) is 0 Å². The summed E-state index contributed by atoms with van der Waals surface area (Å²) >= 11 is 0. The molecule has 0 amide bonds. The van der Waals surface area contributed by atoms with Gasteiger partial charge in [0.15, 0.2) is 0 Å². The zero-order valence-corrected chi connectivity index (χ0v) is 10.7. The number of aromatic nitrogens is 1. The van der Waals surface area contributed by atoms with Gasteiger partial charge in [0, 0.05) is 28.8 Å². The van der Waals surface area contributed by atoms with Crippen LogP contribution in [0.15, 0.2) is 54.7 Å². The van der Waals surface area contributed by atoms with E-state index < -0.39 is 0 Å². The first kappa shape index (κ1) is 10.7. The van der Waals surface area contributed by atoms with Crippen molar-refractivity contribution in [2.45, 2.75) is 18.9 Å². The van der Waals surface area contributed by atoms with Crippen LogP contribution in [-0.2, 0) is 12.8 Å². The van der Waals surface area contributed by atoms with Crippen LogP contribution in [0.3, 0.4) is 0 Å². The van der Waals surface area contributed by atoms with Crippen molar-refractivity contribution in [1.82, 2.24) is 4.98 Å². The maximum atomic E-state index is 3.66. The predicted molar refractivity (Wildman–Crippen MR) is 79.6 cm³/mol. The topological polar surface area (TPSA) is 27.8 Å². The highest BCUT2D eigenvalue weighted by molar-refractivity contribution is 5.83. The highest BCUT2D eigenvalue weighted by Gasteiger charge is 2.20. The van der Waals surface area contributed by atoms with E-state index in [0.717, 1.165) is 12.8 Å². The first-order valence-corrected chi connectivity index (χ1v) is 6.79. The van der Waals surface area contributed by atoms with Crippen molar-refractivity contribution in [2.24, 2.45) is 0 Å². The molecule has 1 aliphatic carbocycles. The Morgan fingerprint density at radius 1 is 0.947 bits per heavy atom. The second-order valence-corrected chi connectivity index (χ2v) is 5.30. The first-order chi connectivity index (χ1) is 9.38. The highest BCUT2D eigenvalue weighted by Crippen LogP contribution is 2.25. The minimum atomic E-state index is 0.522. The maximum absolute atomic E-state index is 3.66. The Morgan fingerprint density at radius 3 is 2.53 bits per heavy atom. The third-order valence-corrected chi connectivity index (χ3v) is 3.98. The molecule has 0 saturated heterocycles. The van der Waals surface area contributed by atoms with Crippen LogP contribution in [0, 0.1) is 0 Å². The van der Waals surface area contributed by atoms with Gasteiger partial charge in [-0.25, -0.2) is 0 Å². The maximum Gasteiger partial charge on any atom is 0.0455 e. The Balaban J connectivity index is 1.56. The van der Waals surface area contributed by atoms with Crippen molar-refractivity contribution in [2.75, 3.05) is 5.32 Å². The van der Waals surface area contributed by atoms with E-state index in [0.29, 0.717) is 6.04 Å². The summed E-state index contributed by atoms with van der Waals surface area (Å²) in [5.41, 5.74) is 5.38. The van der Waals surface area contributed by atoms with Crippen LogP contribution in [-0.4, -0.2) is 11.0 Å². The van der Waals surface area contributed by atoms with Crippen LogP contribution in [0.5, 0.6) is 0 Å². The van der Waals surface area contributed by atoms with Crippen LogP contribution in [0.4, 0.5) is 5.69 Å². The SMILES string of the molecule is c1ccc2c(c1)CC(Nc1ccc3[nH]ccc3c1)C2. The van der Waals surface area contributed by atoms with Crippen LogP contribution < -0.4 is 5.32 Å². The van der Waals surface area contributed by atoms with Gasteiger partial charge >= 0.3 is 0 Å². The molecule has 0 radical (unpaired) electrons. The van der Waals surface area contributed by atoms with E-state index in [1.54, 1.807) is 0 Å². The molecular formula is C17H16N2. The van der Waals surface area contributed by atoms with Crippen LogP contribution in [0.25, 0.3) is 10.9 Å². The number of rotatable bonds is 2. The van der Waals surface area contributed by atoms with Gasteiger partial charge in [-0.05, 0) is 48.2 Å². The third kappa shape index (κ3) is 1.89. The van der Waals surface area contributed by atoms with Gasteiger partial charge < -0.3 is 10.3 Å². The molecule has 2 aromatic carbocycles. The minimum absolute atomic E-state index is 0.522. The van der Waals surface area contributed by atoms with Gasteiger partial charge in [0.1, 0.15) is 0 Å². The molecular weight excluding hydrogens is 232 g/mol. The highest BCUT2D eigenvalue weighted by atomic mass is 14.9. The molecule has 19 heavy (non-hydrogen) atoms. The summed E-state index contributed by atoms with van der Waals surface area (Å²) in [5, 5.41) is 4.92. The average Bonchev–Trinajstić information content (AvgIpc) is 3.03. The van der Waals surface area contributed by atoms with Gasteiger partial charge in [-0.2, -0.15) is 0 Å². The summed E-state index contributed by atoms with van der Waals surface area (Å²) in [6.07, 6.45) is 4.24. The van der Waals surface area contributed by atoms with Gasteiger partial charge in [0.2, 0.25) is 0 Å². The molecule has 0 bridgehead atoms. The van der Waals surface area contributed by atoms with Crippen molar-refractivity contribution in [1.29, 1.82) is 0 Å². The van der Waals surface area contributed by atoms with Gasteiger partial charge in [0.25, 0.3) is 0 Å². The molecule has 94 valence electrons. The molecule has 2 N–H and O–H groups in total. The molecule has 1 aliphatic rings. The Labute approximate surface area is 112 Å². The number of benzene rings is 2. The summed E-state index contributed by atoms with van der Waals surface area (Å²) in [4.78, 5) is 3.23. The smallest absolute Gasteiger partial charge is 0.0455 e. The molecule has 0 aliphatic heterocycles. The molecule has 0 fully saturated rings. The zero-order chi connectivity index (χ0) is 12.7. The lowest BCUT2D eigenvalue weighted by molar-refractivity contribution is 0.774. The van der Waals surface area contributed by atoms with E-state index in [9.17, 15) is 0 Å². The Kier molecular flexibility index (Phi) is 2.34. The fourth-order valence-corrected chi connectivity index (χ4v) is 3.04. The lowest BCUT2D eigenvalue weighted by Gasteiger charge is -2.13. The fraction of sp³-hybridized carbons (Fsp3) is 0.176. The molecule has 2 heteroatoms. The summed E-state index contributed by atoms with van der Waals surface area (Å²) < 4.78 is 0.